The predicted molar refractivity (Wildman–Crippen MR) is 56.8 cm³/mol. The fraction of sp³-hybridized carbons (Fsp3) is 0.778. The molecule has 2 amide bonds. The van der Waals surface area contributed by atoms with Gasteiger partial charge in [0, 0.05) is 27.2 Å². The van der Waals surface area contributed by atoms with E-state index in [2.05, 4.69) is 10.6 Å². The van der Waals surface area contributed by atoms with Gasteiger partial charge in [-0.2, -0.15) is 0 Å². The molecular formula is C9H19N3O3. The van der Waals surface area contributed by atoms with Crippen LogP contribution in [-0.2, 0) is 4.79 Å². The van der Waals surface area contributed by atoms with E-state index in [1.807, 2.05) is 0 Å². The summed E-state index contributed by atoms with van der Waals surface area (Å²) in [7, 11) is 3.30. The molecule has 88 valence electrons. The number of carbonyl (C=O) groups is 2. The minimum atomic E-state index is -0.864. The monoisotopic (exact) mass is 217 g/mol. The number of nitrogens with one attached hydrogen (secondary N) is 2. The van der Waals surface area contributed by atoms with Gasteiger partial charge in [-0.3, -0.25) is 4.79 Å². The summed E-state index contributed by atoms with van der Waals surface area (Å²) in [6.07, 6.45) is 0.525. The van der Waals surface area contributed by atoms with Gasteiger partial charge in [-0.25, -0.2) is 4.79 Å². The Morgan fingerprint density at radius 1 is 1.33 bits per heavy atom. The fourth-order valence-electron chi connectivity index (χ4n) is 0.980. The van der Waals surface area contributed by atoms with Gasteiger partial charge in [-0.05, 0) is 6.42 Å². The van der Waals surface area contributed by atoms with Crippen LogP contribution in [0.4, 0.5) is 4.79 Å². The first-order valence-corrected chi connectivity index (χ1v) is 4.90. The Kier molecular flexibility index (Phi) is 6.44. The van der Waals surface area contributed by atoms with E-state index < -0.39 is 12.0 Å². The molecule has 0 aromatic rings. The molecule has 0 bridgehead atoms. The van der Waals surface area contributed by atoms with E-state index in [4.69, 9.17) is 5.11 Å². The number of carboxylic acid groups (broad SMARTS) is 1. The fourth-order valence-corrected chi connectivity index (χ4v) is 0.980. The summed E-state index contributed by atoms with van der Waals surface area (Å²) < 4.78 is 0. The first kappa shape index (κ1) is 13.7. The van der Waals surface area contributed by atoms with E-state index in [0.29, 0.717) is 19.5 Å². The van der Waals surface area contributed by atoms with Crippen LogP contribution in [-0.4, -0.2) is 55.2 Å². The largest absolute Gasteiger partial charge is 0.480 e. The number of hydrogen-bond acceptors (Lipinski definition) is 3. The summed E-state index contributed by atoms with van der Waals surface area (Å²) in [5.74, 6) is -0.864. The number of urea groups is 1. The molecule has 0 fully saturated rings. The van der Waals surface area contributed by atoms with Crippen molar-refractivity contribution in [3.63, 3.8) is 0 Å². The first-order chi connectivity index (χ1) is 6.99. The van der Waals surface area contributed by atoms with Gasteiger partial charge >= 0.3 is 12.0 Å². The Labute approximate surface area is 89.6 Å². The highest BCUT2D eigenvalue weighted by Crippen LogP contribution is 1.89. The second-order valence-electron chi connectivity index (χ2n) is 3.38. The Morgan fingerprint density at radius 2 is 1.93 bits per heavy atom. The van der Waals surface area contributed by atoms with Crippen molar-refractivity contribution in [2.45, 2.75) is 19.4 Å². The standard InChI is InChI=1S/C9H19N3O3/c1-4-7(8(13)14)10-5-6-11-9(15)12(2)3/h7,10H,4-6H2,1-3H3,(H,11,15)(H,13,14). The van der Waals surface area contributed by atoms with Crippen LogP contribution in [0.2, 0.25) is 0 Å². The quantitative estimate of drug-likeness (QED) is 0.534. The van der Waals surface area contributed by atoms with Gasteiger partial charge in [-0.1, -0.05) is 6.92 Å². The Balaban J connectivity index is 3.61. The van der Waals surface area contributed by atoms with Crippen LogP contribution >= 0.6 is 0 Å². The second-order valence-corrected chi connectivity index (χ2v) is 3.38. The molecule has 0 heterocycles. The Bertz CT molecular complexity index is 219. The summed E-state index contributed by atoms with van der Waals surface area (Å²) >= 11 is 0. The molecule has 0 aromatic carbocycles. The molecule has 1 unspecified atom stereocenters. The molecule has 6 heteroatoms. The molecule has 3 N–H and O–H groups in total. The molecule has 0 aliphatic heterocycles. The smallest absolute Gasteiger partial charge is 0.320 e. The van der Waals surface area contributed by atoms with Gasteiger partial charge in [0.25, 0.3) is 0 Å². The topological polar surface area (TPSA) is 81.7 Å². The molecule has 0 aliphatic carbocycles. The molecule has 0 saturated heterocycles. The SMILES string of the molecule is CCC(NCCNC(=O)N(C)C)C(=O)O. The highest BCUT2D eigenvalue weighted by Gasteiger charge is 2.13. The summed E-state index contributed by atoms with van der Waals surface area (Å²) in [4.78, 5) is 23.1. The van der Waals surface area contributed by atoms with Crippen LogP contribution < -0.4 is 10.6 Å². The number of carboxylic acids is 1. The van der Waals surface area contributed by atoms with Crippen molar-refractivity contribution in [3.8, 4) is 0 Å². The zero-order valence-electron chi connectivity index (χ0n) is 9.41. The lowest BCUT2D eigenvalue weighted by Crippen LogP contribution is -2.43. The highest BCUT2D eigenvalue weighted by molar-refractivity contribution is 5.74. The number of aliphatic carboxylic acids is 1. The van der Waals surface area contributed by atoms with Crippen molar-refractivity contribution in [1.29, 1.82) is 0 Å². The molecule has 15 heavy (non-hydrogen) atoms. The number of carbonyl (C=O) groups excluding carboxylic acids is 1. The van der Waals surface area contributed by atoms with E-state index in [1.54, 1.807) is 21.0 Å². The average Bonchev–Trinajstić information content (AvgIpc) is 2.16. The summed E-state index contributed by atoms with van der Waals surface area (Å²) in [5.41, 5.74) is 0. The maximum Gasteiger partial charge on any atom is 0.320 e. The zero-order chi connectivity index (χ0) is 11.8. The number of hydrogen-bond donors (Lipinski definition) is 3. The van der Waals surface area contributed by atoms with Gasteiger partial charge in [0.15, 0.2) is 0 Å². The summed E-state index contributed by atoms with van der Waals surface area (Å²) in [6.45, 7) is 2.66. The normalized spacial score (nSPS) is 11.9. The van der Waals surface area contributed by atoms with Gasteiger partial charge in [0.2, 0.25) is 0 Å². The lowest BCUT2D eigenvalue weighted by atomic mass is 10.2. The summed E-state index contributed by atoms with van der Waals surface area (Å²) in [6, 6.07) is -0.721. The van der Waals surface area contributed by atoms with Crippen LogP contribution in [0.5, 0.6) is 0 Å². The zero-order valence-corrected chi connectivity index (χ0v) is 9.41. The van der Waals surface area contributed by atoms with Gasteiger partial charge in [0.1, 0.15) is 6.04 Å². The number of nitrogens with zero attached hydrogens (tertiary/aromatic N) is 1. The maximum atomic E-state index is 11.1. The molecule has 0 radical (unpaired) electrons. The van der Waals surface area contributed by atoms with Crippen LogP contribution in [0.15, 0.2) is 0 Å². The van der Waals surface area contributed by atoms with Crippen LogP contribution in [0.3, 0.4) is 0 Å². The van der Waals surface area contributed by atoms with E-state index in [-0.39, 0.29) is 6.03 Å². The van der Waals surface area contributed by atoms with E-state index in [9.17, 15) is 9.59 Å². The molecule has 0 rings (SSSR count). The minimum Gasteiger partial charge on any atom is -0.480 e. The van der Waals surface area contributed by atoms with Crippen molar-refractivity contribution < 1.29 is 14.7 Å². The summed E-state index contributed by atoms with van der Waals surface area (Å²) in [5, 5.41) is 14.2. The van der Waals surface area contributed by atoms with Crippen LogP contribution in [0.1, 0.15) is 13.3 Å². The van der Waals surface area contributed by atoms with E-state index in [1.165, 1.54) is 4.90 Å². The Hall–Kier alpha value is -1.30. The minimum absolute atomic E-state index is 0.180. The third-order valence-corrected chi connectivity index (χ3v) is 1.90. The van der Waals surface area contributed by atoms with Gasteiger partial charge in [0.05, 0.1) is 0 Å². The molecule has 1 atom stereocenters. The van der Waals surface area contributed by atoms with Crippen molar-refractivity contribution in [3.05, 3.63) is 0 Å². The Morgan fingerprint density at radius 3 is 2.33 bits per heavy atom. The van der Waals surface area contributed by atoms with Crippen molar-refractivity contribution in [1.82, 2.24) is 15.5 Å². The molecule has 0 aliphatic rings. The highest BCUT2D eigenvalue weighted by atomic mass is 16.4. The third kappa shape index (κ3) is 5.90. The lowest BCUT2D eigenvalue weighted by molar-refractivity contribution is -0.139. The van der Waals surface area contributed by atoms with Crippen molar-refractivity contribution in [2.75, 3.05) is 27.2 Å². The molecule has 0 aromatic heterocycles. The molecule has 0 spiro atoms. The van der Waals surface area contributed by atoms with Crippen LogP contribution in [0.25, 0.3) is 0 Å². The predicted octanol–water partition coefficient (Wildman–Crippen LogP) is -0.290. The number of rotatable bonds is 6. The lowest BCUT2D eigenvalue weighted by Gasteiger charge is -2.14. The average molecular weight is 217 g/mol. The maximum absolute atomic E-state index is 11.1. The van der Waals surface area contributed by atoms with Gasteiger partial charge < -0.3 is 20.6 Å². The third-order valence-electron chi connectivity index (χ3n) is 1.90. The second kappa shape index (κ2) is 7.05. The van der Waals surface area contributed by atoms with E-state index >= 15 is 0 Å². The number of amides is 2. The molecule has 6 nitrogen and oxygen atoms in total. The van der Waals surface area contributed by atoms with E-state index in [0.717, 1.165) is 0 Å². The van der Waals surface area contributed by atoms with Crippen molar-refractivity contribution in [2.24, 2.45) is 0 Å². The van der Waals surface area contributed by atoms with Crippen molar-refractivity contribution >= 4 is 12.0 Å². The molecule has 0 saturated carbocycles. The molecular weight excluding hydrogens is 198 g/mol. The van der Waals surface area contributed by atoms with Gasteiger partial charge in [-0.15, -0.1) is 0 Å². The first-order valence-electron chi connectivity index (χ1n) is 4.90. The van der Waals surface area contributed by atoms with Crippen LogP contribution in [0, 0.1) is 0 Å².